The molecule has 0 unspecified atom stereocenters. The Kier molecular flexibility index (Phi) is 8.78. The molecule has 6 nitrogen and oxygen atoms in total. The molecule has 0 spiro atoms. The van der Waals surface area contributed by atoms with Crippen LogP contribution in [0, 0.1) is 22.7 Å². The molecule has 0 heterocycles. The average Bonchev–Trinajstić information content (AvgIpc) is 2.31. The van der Waals surface area contributed by atoms with Crippen molar-refractivity contribution in [2.75, 3.05) is 26.3 Å². The number of hydrogen-bond acceptors (Lipinski definition) is 6. The van der Waals surface area contributed by atoms with Crippen molar-refractivity contribution >= 4 is 11.8 Å². The van der Waals surface area contributed by atoms with Crippen molar-refractivity contribution in [3.05, 3.63) is 0 Å². The van der Waals surface area contributed by atoms with Crippen LogP contribution < -0.4 is 0 Å². The molecule has 0 bridgehead atoms. The molecule has 0 rings (SSSR count). The van der Waals surface area contributed by atoms with E-state index in [0.29, 0.717) is 26.3 Å². The highest BCUT2D eigenvalue weighted by Gasteiger charge is 2.03. The van der Waals surface area contributed by atoms with Crippen LogP contribution in [0.25, 0.3) is 0 Å². The van der Waals surface area contributed by atoms with E-state index in [1.807, 2.05) is 27.7 Å². The van der Waals surface area contributed by atoms with E-state index in [2.05, 4.69) is 10.2 Å². The van der Waals surface area contributed by atoms with Gasteiger partial charge in [0.25, 0.3) is 0 Å². The number of azo groups is 1. The van der Waals surface area contributed by atoms with Crippen LogP contribution in [0.1, 0.15) is 27.7 Å². The van der Waals surface area contributed by atoms with Crippen LogP contribution in [0.4, 0.5) is 0 Å². The Morgan fingerprint density at radius 1 is 0.833 bits per heavy atom. The minimum atomic E-state index is 0.109. The fraction of sp³-hybridized carbons (Fsp3) is 0.833. The Labute approximate surface area is 109 Å². The van der Waals surface area contributed by atoms with Gasteiger partial charge in [0.05, 0.1) is 13.1 Å². The van der Waals surface area contributed by atoms with Gasteiger partial charge in [-0.1, -0.05) is 27.7 Å². The van der Waals surface area contributed by atoms with Crippen molar-refractivity contribution in [3.63, 3.8) is 0 Å². The first-order valence-electron chi connectivity index (χ1n) is 6.20. The maximum atomic E-state index is 7.44. The van der Waals surface area contributed by atoms with Crippen LogP contribution >= 0.6 is 0 Å². The van der Waals surface area contributed by atoms with Crippen molar-refractivity contribution in [1.82, 2.24) is 0 Å². The molecular weight excluding hydrogens is 232 g/mol. The molecule has 0 amide bonds. The topological polar surface area (TPSA) is 90.9 Å². The minimum absolute atomic E-state index is 0.109. The van der Waals surface area contributed by atoms with Gasteiger partial charge in [0.2, 0.25) is 0 Å². The van der Waals surface area contributed by atoms with Crippen LogP contribution in [0.2, 0.25) is 0 Å². The monoisotopic (exact) mass is 256 g/mol. The van der Waals surface area contributed by atoms with Gasteiger partial charge in [0.15, 0.2) is 11.8 Å². The quantitative estimate of drug-likeness (QED) is 0.302. The second kappa shape index (κ2) is 9.56. The van der Waals surface area contributed by atoms with Crippen LogP contribution in [0.15, 0.2) is 10.2 Å². The summed E-state index contributed by atoms with van der Waals surface area (Å²) in [5.41, 5.74) is 0. The second-order valence-corrected chi connectivity index (χ2v) is 4.46. The molecule has 0 saturated carbocycles. The van der Waals surface area contributed by atoms with Crippen LogP contribution in [0.3, 0.4) is 0 Å². The summed E-state index contributed by atoms with van der Waals surface area (Å²) in [7, 11) is 0. The van der Waals surface area contributed by atoms with E-state index < -0.39 is 0 Å². The summed E-state index contributed by atoms with van der Waals surface area (Å²) < 4.78 is 10.3. The molecule has 0 aromatic carbocycles. The fourth-order valence-electron chi connectivity index (χ4n) is 0.868. The van der Waals surface area contributed by atoms with Crippen molar-refractivity contribution in [2.45, 2.75) is 27.7 Å². The average molecular weight is 256 g/mol. The summed E-state index contributed by atoms with van der Waals surface area (Å²) in [5, 5.41) is 22.7. The highest BCUT2D eigenvalue weighted by atomic mass is 16.5. The zero-order valence-electron chi connectivity index (χ0n) is 11.7. The highest BCUT2D eigenvalue weighted by Crippen LogP contribution is 1.97. The van der Waals surface area contributed by atoms with E-state index in [9.17, 15) is 0 Å². The summed E-state index contributed by atoms with van der Waals surface area (Å²) in [5.74, 6) is 0.771. The first kappa shape index (κ1) is 16.5. The lowest BCUT2D eigenvalue weighted by atomic mass is 10.2. The number of ether oxygens (including phenoxy) is 2. The Hall–Kier alpha value is -1.46. The lowest BCUT2D eigenvalue weighted by molar-refractivity contribution is 0.283. The zero-order chi connectivity index (χ0) is 14.0. The van der Waals surface area contributed by atoms with E-state index in [4.69, 9.17) is 20.3 Å². The smallest absolute Gasteiger partial charge is 0.183 e. The molecule has 0 radical (unpaired) electrons. The molecule has 18 heavy (non-hydrogen) atoms. The third-order valence-corrected chi connectivity index (χ3v) is 2.05. The molecule has 0 aliphatic rings. The van der Waals surface area contributed by atoms with Gasteiger partial charge < -0.3 is 9.47 Å². The molecule has 0 aliphatic carbocycles. The van der Waals surface area contributed by atoms with Crippen molar-refractivity contribution in [1.29, 1.82) is 10.8 Å². The molecule has 0 saturated heterocycles. The summed E-state index contributed by atoms with van der Waals surface area (Å²) >= 11 is 0. The van der Waals surface area contributed by atoms with E-state index in [-0.39, 0.29) is 23.6 Å². The van der Waals surface area contributed by atoms with E-state index >= 15 is 0 Å². The standard InChI is InChI=1S/C12H24N4O2/c1-9(2)11(13)17-7-5-15-16-6-8-18-12(14)10(3)4/h9-10,13-14H,5-8H2,1-4H3. The Morgan fingerprint density at radius 3 is 1.44 bits per heavy atom. The van der Waals surface area contributed by atoms with Crippen molar-refractivity contribution in [3.8, 4) is 0 Å². The molecule has 0 aliphatic heterocycles. The Balaban J connectivity index is 3.45. The molecule has 0 aromatic heterocycles. The van der Waals surface area contributed by atoms with Crippen LogP contribution in [-0.4, -0.2) is 38.1 Å². The summed E-state index contributed by atoms with van der Waals surface area (Å²) in [6, 6.07) is 0. The first-order valence-corrected chi connectivity index (χ1v) is 6.20. The van der Waals surface area contributed by atoms with Gasteiger partial charge >= 0.3 is 0 Å². The number of nitrogens with zero attached hydrogens (tertiary/aromatic N) is 2. The predicted octanol–water partition coefficient (Wildman–Crippen LogP) is 2.74. The molecule has 0 fully saturated rings. The van der Waals surface area contributed by atoms with E-state index in [1.54, 1.807) is 0 Å². The Morgan fingerprint density at radius 2 is 1.17 bits per heavy atom. The Bertz CT molecular complexity index is 260. The first-order chi connectivity index (χ1) is 8.45. The summed E-state index contributed by atoms with van der Waals surface area (Å²) in [4.78, 5) is 0. The lowest BCUT2D eigenvalue weighted by Gasteiger charge is -2.08. The number of rotatable bonds is 8. The van der Waals surface area contributed by atoms with Gasteiger partial charge in [0.1, 0.15) is 13.2 Å². The molecule has 2 N–H and O–H groups in total. The summed E-state index contributed by atoms with van der Waals surface area (Å²) in [6.45, 7) is 9.27. The van der Waals surface area contributed by atoms with Crippen LogP contribution in [-0.2, 0) is 9.47 Å². The molecular formula is C12H24N4O2. The third kappa shape index (κ3) is 8.66. The normalized spacial score (nSPS) is 11.2. The summed E-state index contributed by atoms with van der Waals surface area (Å²) in [6.07, 6.45) is 0. The predicted molar refractivity (Wildman–Crippen MR) is 71.6 cm³/mol. The van der Waals surface area contributed by atoms with Gasteiger partial charge in [0, 0.05) is 11.8 Å². The minimum Gasteiger partial charge on any atom is -0.479 e. The maximum Gasteiger partial charge on any atom is 0.183 e. The molecule has 104 valence electrons. The van der Waals surface area contributed by atoms with Crippen molar-refractivity contribution < 1.29 is 9.47 Å². The molecule has 6 heteroatoms. The van der Waals surface area contributed by atoms with Gasteiger partial charge in [-0.3, -0.25) is 10.8 Å². The molecule has 0 aromatic rings. The van der Waals surface area contributed by atoms with E-state index in [1.165, 1.54) is 0 Å². The van der Waals surface area contributed by atoms with Gasteiger partial charge in [-0.05, 0) is 0 Å². The zero-order valence-corrected chi connectivity index (χ0v) is 11.7. The highest BCUT2D eigenvalue weighted by molar-refractivity contribution is 5.74. The maximum absolute atomic E-state index is 7.44. The molecule has 0 atom stereocenters. The third-order valence-electron chi connectivity index (χ3n) is 2.05. The van der Waals surface area contributed by atoms with Gasteiger partial charge in [-0.2, -0.15) is 10.2 Å². The van der Waals surface area contributed by atoms with Gasteiger partial charge in [-0.15, -0.1) is 0 Å². The largest absolute Gasteiger partial charge is 0.479 e. The fourth-order valence-corrected chi connectivity index (χ4v) is 0.868. The van der Waals surface area contributed by atoms with Gasteiger partial charge in [-0.25, -0.2) is 0 Å². The van der Waals surface area contributed by atoms with Crippen molar-refractivity contribution in [2.24, 2.45) is 22.1 Å². The van der Waals surface area contributed by atoms with E-state index in [0.717, 1.165) is 0 Å². The second-order valence-electron chi connectivity index (χ2n) is 4.46. The van der Waals surface area contributed by atoms with Crippen LogP contribution in [0.5, 0.6) is 0 Å². The number of hydrogen-bond donors (Lipinski definition) is 2. The lowest BCUT2D eigenvalue weighted by Crippen LogP contribution is -2.13. The number of nitrogens with one attached hydrogen (secondary N) is 2. The SMILES string of the molecule is CC(C)C(=N)OCCN=NCCOC(=N)C(C)C.